The topological polar surface area (TPSA) is 66.4 Å². The van der Waals surface area contributed by atoms with E-state index in [0.29, 0.717) is 9.26 Å². The third kappa shape index (κ3) is 3.26. The average Bonchev–Trinajstić information content (AvgIpc) is 2.24. The van der Waals surface area contributed by atoms with Crippen LogP contribution in [-0.2, 0) is 11.2 Å². The second-order valence-corrected chi connectivity index (χ2v) is 6.75. The average molecular weight is 585 g/mol. The number of rotatable bonds is 3. The number of amides is 1. The molecule has 0 spiro atoms. The van der Waals surface area contributed by atoms with E-state index >= 15 is 0 Å². The first-order chi connectivity index (χ1) is 8.31. The lowest BCUT2D eigenvalue weighted by atomic mass is 10.1. The van der Waals surface area contributed by atoms with Gasteiger partial charge in [0.05, 0.1) is 14.8 Å². The van der Waals surface area contributed by atoms with E-state index in [0.717, 1.165) is 19.1 Å². The number of anilines is 1. The Labute approximate surface area is 146 Å². The lowest BCUT2D eigenvalue weighted by Crippen LogP contribution is -2.15. The van der Waals surface area contributed by atoms with Crippen LogP contribution in [0.4, 0.5) is 5.69 Å². The van der Waals surface area contributed by atoms with Crippen LogP contribution in [0.5, 0.6) is 0 Å². The van der Waals surface area contributed by atoms with Crippen LogP contribution in [0.1, 0.15) is 29.8 Å². The summed E-state index contributed by atoms with van der Waals surface area (Å²) in [5.41, 5.74) is 1.81. The maximum Gasteiger partial charge on any atom is 0.337 e. The van der Waals surface area contributed by atoms with E-state index in [-0.39, 0.29) is 11.5 Å². The number of carboxylic acids is 1. The van der Waals surface area contributed by atoms with Gasteiger partial charge in [-0.25, -0.2) is 4.79 Å². The van der Waals surface area contributed by atoms with Gasteiger partial charge in [0.1, 0.15) is 0 Å². The summed E-state index contributed by atoms with van der Waals surface area (Å²) in [6.45, 7) is 3.38. The smallest absolute Gasteiger partial charge is 0.337 e. The Bertz CT molecular complexity index is 529. The Morgan fingerprint density at radius 1 is 1.17 bits per heavy atom. The van der Waals surface area contributed by atoms with Crippen molar-refractivity contribution in [2.75, 3.05) is 5.32 Å². The van der Waals surface area contributed by atoms with Crippen LogP contribution in [0.2, 0.25) is 0 Å². The van der Waals surface area contributed by atoms with Crippen molar-refractivity contribution in [3.63, 3.8) is 0 Å². The Morgan fingerprint density at radius 2 is 1.72 bits per heavy atom. The summed E-state index contributed by atoms with van der Waals surface area (Å²) in [4.78, 5) is 22.6. The van der Waals surface area contributed by atoms with Gasteiger partial charge < -0.3 is 10.4 Å². The molecule has 0 aliphatic rings. The summed E-state index contributed by atoms with van der Waals surface area (Å²) in [6.07, 6.45) is 0.723. The minimum absolute atomic E-state index is 0.203. The van der Waals surface area contributed by atoms with E-state index in [1.807, 2.05) is 29.5 Å². The highest BCUT2D eigenvalue weighted by Crippen LogP contribution is 2.35. The van der Waals surface area contributed by atoms with E-state index in [1.54, 1.807) is 0 Å². The molecule has 98 valence electrons. The first-order valence-corrected chi connectivity index (χ1v) is 8.25. The van der Waals surface area contributed by atoms with Crippen molar-refractivity contribution in [3.8, 4) is 0 Å². The Hall–Kier alpha value is 0.350. The quantitative estimate of drug-likeness (QED) is 0.533. The molecular weight excluding hydrogens is 575 g/mol. The lowest BCUT2D eigenvalue weighted by Gasteiger charge is -2.16. The summed E-state index contributed by atoms with van der Waals surface area (Å²) in [7, 11) is 0. The largest absolute Gasteiger partial charge is 0.478 e. The lowest BCUT2D eigenvalue weighted by molar-refractivity contribution is -0.114. The highest BCUT2D eigenvalue weighted by molar-refractivity contribution is 14.1. The van der Waals surface area contributed by atoms with Crippen molar-refractivity contribution in [3.05, 3.63) is 21.8 Å². The van der Waals surface area contributed by atoms with Crippen molar-refractivity contribution in [2.24, 2.45) is 0 Å². The molecule has 1 aromatic carbocycles. The van der Waals surface area contributed by atoms with Gasteiger partial charge in [0.15, 0.2) is 0 Å². The van der Waals surface area contributed by atoms with E-state index in [4.69, 9.17) is 0 Å². The zero-order valence-corrected chi connectivity index (χ0v) is 16.1. The van der Waals surface area contributed by atoms with E-state index in [1.165, 1.54) is 6.92 Å². The van der Waals surface area contributed by atoms with Crippen molar-refractivity contribution in [1.82, 2.24) is 0 Å². The number of benzene rings is 1. The van der Waals surface area contributed by atoms with E-state index < -0.39 is 5.97 Å². The normalized spacial score (nSPS) is 10.3. The molecule has 0 atom stereocenters. The highest BCUT2D eigenvalue weighted by atomic mass is 127. The Morgan fingerprint density at radius 3 is 2.11 bits per heavy atom. The van der Waals surface area contributed by atoms with Gasteiger partial charge in [-0.2, -0.15) is 0 Å². The van der Waals surface area contributed by atoms with Gasteiger partial charge in [0.2, 0.25) is 5.91 Å². The number of hydrogen-bond donors (Lipinski definition) is 2. The first-order valence-electron chi connectivity index (χ1n) is 5.01. The molecule has 1 rings (SSSR count). The zero-order chi connectivity index (χ0) is 14.0. The van der Waals surface area contributed by atoms with E-state index in [9.17, 15) is 14.7 Å². The molecule has 1 amide bonds. The molecule has 0 unspecified atom stereocenters. The fourth-order valence-electron chi connectivity index (χ4n) is 1.50. The monoisotopic (exact) mass is 585 g/mol. The van der Waals surface area contributed by atoms with Gasteiger partial charge in [-0.1, -0.05) is 6.92 Å². The molecule has 0 bridgehead atoms. The van der Waals surface area contributed by atoms with Crippen molar-refractivity contribution in [2.45, 2.75) is 20.3 Å². The number of carbonyl (C=O) groups is 2. The van der Waals surface area contributed by atoms with Crippen molar-refractivity contribution in [1.29, 1.82) is 0 Å². The molecule has 0 saturated carbocycles. The predicted molar refractivity (Wildman–Crippen MR) is 95.2 cm³/mol. The number of hydrogen-bond acceptors (Lipinski definition) is 2. The zero-order valence-electron chi connectivity index (χ0n) is 9.60. The van der Waals surface area contributed by atoms with Gasteiger partial charge in [-0.05, 0) is 79.8 Å². The molecule has 7 heteroatoms. The number of halogens is 3. The number of carbonyl (C=O) groups excluding carboxylic acids is 1. The molecule has 0 aromatic heterocycles. The summed E-state index contributed by atoms with van der Waals surface area (Å²) in [6, 6.07) is 0. The molecule has 2 N–H and O–H groups in total. The standard InChI is InChI=1S/C11H10I3NO3/c1-3-5-7(12)6(11(17)18)9(14)10(8(5)13)15-4(2)16/h3H2,1-2H3,(H,15,16)(H,17,18). The molecule has 1 aromatic rings. The van der Waals surface area contributed by atoms with Gasteiger partial charge in [-0.3, -0.25) is 4.79 Å². The highest BCUT2D eigenvalue weighted by Gasteiger charge is 2.23. The van der Waals surface area contributed by atoms with Crippen molar-refractivity contribution < 1.29 is 14.7 Å². The molecule has 0 heterocycles. The first kappa shape index (κ1) is 16.4. The number of nitrogens with one attached hydrogen (secondary N) is 1. The third-order valence-corrected chi connectivity index (χ3v) is 5.74. The SMILES string of the molecule is CCc1c(I)c(NC(C)=O)c(I)c(C(=O)O)c1I. The molecular formula is C11H10I3NO3. The van der Waals surface area contributed by atoms with Gasteiger partial charge in [0.25, 0.3) is 0 Å². The summed E-state index contributed by atoms with van der Waals surface area (Å²) < 4.78 is 2.22. The molecule has 0 radical (unpaired) electrons. The van der Waals surface area contributed by atoms with Crippen LogP contribution >= 0.6 is 67.8 Å². The second-order valence-electron chi connectivity index (χ2n) is 3.51. The van der Waals surface area contributed by atoms with Crippen LogP contribution in [-0.4, -0.2) is 17.0 Å². The van der Waals surface area contributed by atoms with Gasteiger partial charge >= 0.3 is 5.97 Å². The summed E-state index contributed by atoms with van der Waals surface area (Å²) >= 11 is 6.17. The van der Waals surface area contributed by atoms with Crippen molar-refractivity contribution >= 4 is 85.3 Å². The number of carboxylic acid groups (broad SMARTS) is 1. The summed E-state index contributed by atoms with van der Waals surface area (Å²) in [5.74, 6) is -1.17. The molecule has 0 aliphatic heterocycles. The maximum atomic E-state index is 11.3. The second kappa shape index (κ2) is 6.68. The Kier molecular flexibility index (Phi) is 6.09. The molecule has 18 heavy (non-hydrogen) atoms. The van der Waals surface area contributed by atoms with Crippen LogP contribution in [0.3, 0.4) is 0 Å². The summed E-state index contributed by atoms with van der Waals surface area (Å²) in [5, 5.41) is 12.0. The van der Waals surface area contributed by atoms with Gasteiger partial charge in [-0.15, -0.1) is 0 Å². The Balaban J connectivity index is 3.66. The van der Waals surface area contributed by atoms with Crippen LogP contribution < -0.4 is 5.32 Å². The predicted octanol–water partition coefficient (Wildman–Crippen LogP) is 3.72. The van der Waals surface area contributed by atoms with Crippen LogP contribution in [0.15, 0.2) is 0 Å². The minimum atomic E-state index is -0.971. The van der Waals surface area contributed by atoms with Gasteiger partial charge in [0, 0.05) is 14.1 Å². The molecule has 0 saturated heterocycles. The van der Waals surface area contributed by atoms with E-state index in [2.05, 4.69) is 50.5 Å². The fourth-order valence-corrected chi connectivity index (χ4v) is 6.16. The van der Waals surface area contributed by atoms with Crippen LogP contribution in [0, 0.1) is 10.7 Å². The third-order valence-electron chi connectivity index (χ3n) is 2.28. The molecule has 0 fully saturated rings. The molecule has 4 nitrogen and oxygen atoms in total. The molecule has 0 aliphatic carbocycles. The maximum absolute atomic E-state index is 11.3. The van der Waals surface area contributed by atoms with Crippen LogP contribution in [0.25, 0.3) is 0 Å². The fraction of sp³-hybridized carbons (Fsp3) is 0.273. The number of aromatic carboxylic acids is 1. The minimum Gasteiger partial charge on any atom is -0.478 e.